The molecule has 0 radical (unpaired) electrons. The molecular weight excluding hydrogens is 228 g/mol. The number of benzene rings is 1. The number of rotatable bonds is 1. The summed E-state index contributed by atoms with van der Waals surface area (Å²) < 4.78 is 1.07. The maximum atomic E-state index is 5.74. The van der Waals surface area contributed by atoms with E-state index in [2.05, 4.69) is 20.9 Å². The Kier molecular flexibility index (Phi) is 2.10. The first kappa shape index (κ1) is 8.38. The summed E-state index contributed by atoms with van der Waals surface area (Å²) in [4.78, 5) is 2.95. The van der Waals surface area contributed by atoms with Crippen LogP contribution in [0.15, 0.2) is 41.0 Å². The number of halogens is 1. The van der Waals surface area contributed by atoms with Crippen LogP contribution in [0.2, 0.25) is 0 Å². The number of aromatic nitrogens is 1. The predicted octanol–water partition coefficient (Wildman–Crippen LogP) is 3.03. The van der Waals surface area contributed by atoms with Crippen LogP contribution in [0.4, 0.5) is 5.82 Å². The van der Waals surface area contributed by atoms with Crippen LogP contribution in [-0.2, 0) is 0 Å². The van der Waals surface area contributed by atoms with Crippen LogP contribution in [0.1, 0.15) is 0 Å². The van der Waals surface area contributed by atoms with Crippen molar-refractivity contribution < 1.29 is 0 Å². The molecule has 0 saturated heterocycles. The molecule has 0 spiro atoms. The maximum Gasteiger partial charge on any atom is 0.108 e. The summed E-state index contributed by atoms with van der Waals surface area (Å²) in [7, 11) is 0. The molecule has 66 valence electrons. The average molecular weight is 237 g/mol. The van der Waals surface area contributed by atoms with E-state index in [-0.39, 0.29) is 0 Å². The topological polar surface area (TPSA) is 41.8 Å². The van der Waals surface area contributed by atoms with E-state index in [1.165, 1.54) is 0 Å². The molecule has 3 heteroatoms. The number of aromatic amines is 1. The van der Waals surface area contributed by atoms with Crippen LogP contribution in [-0.4, -0.2) is 4.98 Å². The monoisotopic (exact) mass is 236 g/mol. The second kappa shape index (κ2) is 3.26. The zero-order valence-corrected chi connectivity index (χ0v) is 8.51. The molecule has 1 aromatic heterocycles. The van der Waals surface area contributed by atoms with Gasteiger partial charge in [-0.05, 0) is 23.8 Å². The van der Waals surface area contributed by atoms with Crippen molar-refractivity contribution in [3.8, 4) is 11.1 Å². The lowest BCUT2D eigenvalue weighted by Crippen LogP contribution is -1.86. The number of nitrogen functional groups attached to an aromatic ring is 1. The number of nitrogens with one attached hydrogen (secondary N) is 1. The minimum absolute atomic E-state index is 0.710. The fourth-order valence-corrected chi connectivity index (χ4v) is 1.53. The third kappa shape index (κ3) is 1.60. The van der Waals surface area contributed by atoms with E-state index >= 15 is 0 Å². The van der Waals surface area contributed by atoms with Crippen molar-refractivity contribution in [1.82, 2.24) is 4.98 Å². The molecule has 0 aliphatic rings. The van der Waals surface area contributed by atoms with E-state index < -0.39 is 0 Å². The predicted molar refractivity (Wildman–Crippen MR) is 58.3 cm³/mol. The number of hydrogen-bond donors (Lipinski definition) is 2. The molecule has 0 aliphatic heterocycles. The first-order valence-corrected chi connectivity index (χ1v) is 4.75. The van der Waals surface area contributed by atoms with Gasteiger partial charge in [-0.25, -0.2) is 0 Å². The standard InChI is InChI=1S/C10H9BrN2/c11-8-3-1-7(2-4-8)9-5-6-13-10(9)12/h1-6,13H,12H2. The molecule has 0 fully saturated rings. The minimum Gasteiger partial charge on any atom is -0.385 e. The molecule has 0 saturated carbocycles. The van der Waals surface area contributed by atoms with Gasteiger partial charge in [0.05, 0.1) is 0 Å². The molecule has 3 N–H and O–H groups in total. The van der Waals surface area contributed by atoms with Crippen LogP contribution in [0.5, 0.6) is 0 Å². The van der Waals surface area contributed by atoms with Gasteiger partial charge < -0.3 is 10.7 Å². The van der Waals surface area contributed by atoms with Gasteiger partial charge in [0.15, 0.2) is 0 Å². The average Bonchev–Trinajstić information content (AvgIpc) is 2.53. The summed E-state index contributed by atoms with van der Waals surface area (Å²) in [5, 5.41) is 0. The van der Waals surface area contributed by atoms with Crippen molar-refractivity contribution >= 4 is 21.7 Å². The van der Waals surface area contributed by atoms with Crippen molar-refractivity contribution in [3.05, 3.63) is 41.0 Å². The van der Waals surface area contributed by atoms with E-state index in [9.17, 15) is 0 Å². The highest BCUT2D eigenvalue weighted by Crippen LogP contribution is 2.25. The van der Waals surface area contributed by atoms with Gasteiger partial charge in [-0.2, -0.15) is 0 Å². The largest absolute Gasteiger partial charge is 0.385 e. The Hall–Kier alpha value is -1.22. The van der Waals surface area contributed by atoms with Gasteiger partial charge in [0.2, 0.25) is 0 Å². The van der Waals surface area contributed by atoms with Crippen molar-refractivity contribution in [2.75, 3.05) is 5.73 Å². The van der Waals surface area contributed by atoms with E-state index in [0.717, 1.165) is 15.6 Å². The smallest absolute Gasteiger partial charge is 0.108 e. The van der Waals surface area contributed by atoms with Gasteiger partial charge in [-0.15, -0.1) is 0 Å². The van der Waals surface area contributed by atoms with E-state index in [4.69, 9.17) is 5.73 Å². The fourth-order valence-electron chi connectivity index (χ4n) is 1.26. The fraction of sp³-hybridized carbons (Fsp3) is 0. The van der Waals surface area contributed by atoms with E-state index in [1.807, 2.05) is 36.5 Å². The highest BCUT2D eigenvalue weighted by atomic mass is 79.9. The number of H-pyrrole nitrogens is 1. The van der Waals surface area contributed by atoms with Gasteiger partial charge in [0.25, 0.3) is 0 Å². The summed E-state index contributed by atoms with van der Waals surface area (Å²) in [6.45, 7) is 0. The SMILES string of the molecule is Nc1[nH]ccc1-c1ccc(Br)cc1. The van der Waals surface area contributed by atoms with Crippen molar-refractivity contribution in [2.45, 2.75) is 0 Å². The van der Waals surface area contributed by atoms with Crippen molar-refractivity contribution in [2.24, 2.45) is 0 Å². The Balaban J connectivity index is 2.47. The second-order valence-electron chi connectivity index (χ2n) is 2.81. The number of anilines is 1. The Morgan fingerprint density at radius 1 is 1.08 bits per heavy atom. The zero-order valence-electron chi connectivity index (χ0n) is 6.92. The Morgan fingerprint density at radius 3 is 2.31 bits per heavy atom. The van der Waals surface area contributed by atoms with Crippen LogP contribution in [0, 0.1) is 0 Å². The molecule has 2 aromatic rings. The molecule has 2 nitrogen and oxygen atoms in total. The third-order valence-corrected chi connectivity index (χ3v) is 2.46. The molecule has 2 rings (SSSR count). The van der Waals surface area contributed by atoms with Crippen molar-refractivity contribution in [1.29, 1.82) is 0 Å². The number of nitrogens with two attached hydrogens (primary N) is 1. The van der Waals surface area contributed by atoms with Gasteiger partial charge in [-0.3, -0.25) is 0 Å². The Morgan fingerprint density at radius 2 is 1.77 bits per heavy atom. The molecule has 0 atom stereocenters. The van der Waals surface area contributed by atoms with E-state index in [1.54, 1.807) is 0 Å². The minimum atomic E-state index is 0.710. The highest BCUT2D eigenvalue weighted by molar-refractivity contribution is 9.10. The van der Waals surface area contributed by atoms with Crippen molar-refractivity contribution in [3.63, 3.8) is 0 Å². The molecule has 0 amide bonds. The summed E-state index contributed by atoms with van der Waals surface area (Å²) in [6, 6.07) is 10.0. The van der Waals surface area contributed by atoms with Gasteiger partial charge in [0.1, 0.15) is 5.82 Å². The Bertz CT molecular complexity index is 403. The van der Waals surface area contributed by atoms with E-state index in [0.29, 0.717) is 5.82 Å². The molecule has 0 aliphatic carbocycles. The first-order chi connectivity index (χ1) is 6.27. The lowest BCUT2D eigenvalue weighted by molar-refractivity contribution is 1.42. The van der Waals surface area contributed by atoms with Gasteiger partial charge in [0, 0.05) is 16.2 Å². The lowest BCUT2D eigenvalue weighted by Gasteiger charge is -1.99. The highest BCUT2D eigenvalue weighted by Gasteiger charge is 2.01. The van der Waals surface area contributed by atoms with Crippen LogP contribution in [0.25, 0.3) is 11.1 Å². The summed E-state index contributed by atoms with van der Waals surface area (Å²) in [6.07, 6.45) is 1.84. The molecule has 0 unspecified atom stereocenters. The first-order valence-electron chi connectivity index (χ1n) is 3.96. The van der Waals surface area contributed by atoms with Gasteiger partial charge >= 0.3 is 0 Å². The second-order valence-corrected chi connectivity index (χ2v) is 3.73. The zero-order chi connectivity index (χ0) is 9.26. The molecule has 0 bridgehead atoms. The quantitative estimate of drug-likeness (QED) is 0.786. The Labute approximate surface area is 84.9 Å². The summed E-state index contributed by atoms with van der Waals surface area (Å²) in [5.74, 6) is 0.710. The lowest BCUT2D eigenvalue weighted by atomic mass is 10.1. The normalized spacial score (nSPS) is 10.2. The molecule has 1 aromatic carbocycles. The summed E-state index contributed by atoms with van der Waals surface area (Å²) >= 11 is 3.39. The molecule has 1 heterocycles. The molecular formula is C10H9BrN2. The van der Waals surface area contributed by atoms with Crippen LogP contribution < -0.4 is 5.73 Å². The van der Waals surface area contributed by atoms with Crippen LogP contribution >= 0.6 is 15.9 Å². The number of hydrogen-bond acceptors (Lipinski definition) is 1. The summed E-state index contributed by atoms with van der Waals surface area (Å²) in [5.41, 5.74) is 7.92. The third-order valence-electron chi connectivity index (χ3n) is 1.93. The maximum absolute atomic E-state index is 5.74. The molecule has 13 heavy (non-hydrogen) atoms. The van der Waals surface area contributed by atoms with Crippen LogP contribution in [0.3, 0.4) is 0 Å². The van der Waals surface area contributed by atoms with Gasteiger partial charge in [-0.1, -0.05) is 28.1 Å².